The fourth-order valence-electron chi connectivity index (χ4n) is 4.78. The summed E-state index contributed by atoms with van der Waals surface area (Å²) in [5.74, 6) is -3.71. The van der Waals surface area contributed by atoms with E-state index in [2.05, 4.69) is 5.32 Å². The number of anilines is 1. The number of fused-ring (bicyclic) bond motifs is 1. The van der Waals surface area contributed by atoms with Crippen LogP contribution in [0.1, 0.15) is 37.8 Å². The van der Waals surface area contributed by atoms with Crippen molar-refractivity contribution in [3.05, 3.63) is 65.2 Å². The Bertz CT molecular complexity index is 978. The molecule has 7 heteroatoms. The van der Waals surface area contributed by atoms with Crippen LogP contribution in [-0.4, -0.2) is 28.4 Å². The summed E-state index contributed by atoms with van der Waals surface area (Å²) >= 11 is 6.02. The highest BCUT2D eigenvalue weighted by molar-refractivity contribution is 6.30. The third-order valence-corrected chi connectivity index (χ3v) is 6.46. The SMILES string of the molecule is CCCCC1(C(=O)O)NC(c2ccc(Cl)cc2)C2C(=O)N(c3ccccc3)C(=O)C21. The molecule has 4 rings (SSSR count). The van der Waals surface area contributed by atoms with E-state index in [0.29, 0.717) is 17.1 Å². The Balaban J connectivity index is 1.84. The monoisotopic (exact) mass is 426 g/mol. The van der Waals surface area contributed by atoms with E-state index in [9.17, 15) is 19.5 Å². The summed E-state index contributed by atoms with van der Waals surface area (Å²) < 4.78 is 0. The summed E-state index contributed by atoms with van der Waals surface area (Å²) in [6, 6.07) is 15.1. The van der Waals surface area contributed by atoms with E-state index < -0.39 is 35.3 Å². The van der Waals surface area contributed by atoms with Gasteiger partial charge in [-0.05, 0) is 36.2 Å². The lowest BCUT2D eigenvalue weighted by Crippen LogP contribution is -2.55. The van der Waals surface area contributed by atoms with Crippen LogP contribution in [0.2, 0.25) is 5.02 Å². The van der Waals surface area contributed by atoms with Crippen LogP contribution in [0.5, 0.6) is 0 Å². The molecule has 6 nitrogen and oxygen atoms in total. The molecule has 0 aromatic heterocycles. The highest BCUT2D eigenvalue weighted by Gasteiger charge is 2.68. The number of nitrogens with zero attached hydrogens (tertiary/aromatic N) is 1. The zero-order valence-electron chi connectivity index (χ0n) is 16.5. The Morgan fingerprint density at radius 1 is 1.10 bits per heavy atom. The molecule has 0 saturated carbocycles. The molecule has 2 aliphatic heterocycles. The molecule has 0 radical (unpaired) electrons. The number of hydrogen-bond acceptors (Lipinski definition) is 4. The molecule has 2 heterocycles. The number of carbonyl (C=O) groups is 3. The molecule has 156 valence electrons. The van der Waals surface area contributed by atoms with Crippen molar-refractivity contribution in [1.29, 1.82) is 0 Å². The summed E-state index contributed by atoms with van der Waals surface area (Å²) in [6.45, 7) is 1.97. The van der Waals surface area contributed by atoms with Gasteiger partial charge in [-0.1, -0.05) is 61.7 Å². The smallest absolute Gasteiger partial charge is 0.324 e. The van der Waals surface area contributed by atoms with Crippen LogP contribution in [-0.2, 0) is 14.4 Å². The summed E-state index contributed by atoms with van der Waals surface area (Å²) in [7, 11) is 0. The van der Waals surface area contributed by atoms with Crippen molar-refractivity contribution in [1.82, 2.24) is 5.32 Å². The Morgan fingerprint density at radius 2 is 1.77 bits per heavy atom. The van der Waals surface area contributed by atoms with E-state index in [1.165, 1.54) is 0 Å². The van der Waals surface area contributed by atoms with E-state index in [1.807, 2.05) is 6.92 Å². The highest BCUT2D eigenvalue weighted by Crippen LogP contribution is 2.51. The molecule has 2 amide bonds. The molecule has 2 aliphatic rings. The number of benzene rings is 2. The lowest BCUT2D eigenvalue weighted by Gasteiger charge is -2.31. The minimum absolute atomic E-state index is 0.270. The van der Waals surface area contributed by atoms with Gasteiger partial charge in [0.1, 0.15) is 5.54 Å². The molecule has 0 bridgehead atoms. The molecular weight excluding hydrogens is 404 g/mol. The molecule has 2 N–H and O–H groups in total. The van der Waals surface area contributed by atoms with Crippen LogP contribution < -0.4 is 10.2 Å². The maximum absolute atomic E-state index is 13.5. The second-order valence-electron chi connectivity index (χ2n) is 7.90. The molecule has 2 aromatic carbocycles. The number of para-hydroxylation sites is 1. The van der Waals surface area contributed by atoms with Gasteiger partial charge in [-0.2, -0.15) is 0 Å². The van der Waals surface area contributed by atoms with Gasteiger partial charge in [0.05, 0.1) is 17.5 Å². The number of nitrogens with one attached hydrogen (secondary N) is 1. The van der Waals surface area contributed by atoms with Gasteiger partial charge < -0.3 is 5.11 Å². The van der Waals surface area contributed by atoms with Crippen molar-refractivity contribution in [3.63, 3.8) is 0 Å². The van der Waals surface area contributed by atoms with Crippen LogP contribution in [0.4, 0.5) is 5.69 Å². The van der Waals surface area contributed by atoms with Crippen LogP contribution in [0.3, 0.4) is 0 Å². The Labute approximate surface area is 179 Å². The lowest BCUT2D eigenvalue weighted by molar-refractivity contribution is -0.149. The van der Waals surface area contributed by atoms with Crippen LogP contribution in [0, 0.1) is 11.8 Å². The van der Waals surface area contributed by atoms with Crippen molar-refractivity contribution in [3.8, 4) is 0 Å². The predicted octanol–water partition coefficient (Wildman–Crippen LogP) is 3.80. The van der Waals surface area contributed by atoms with E-state index >= 15 is 0 Å². The molecule has 2 saturated heterocycles. The molecule has 4 atom stereocenters. The summed E-state index contributed by atoms with van der Waals surface area (Å²) in [6.07, 6.45) is 1.68. The van der Waals surface area contributed by atoms with E-state index in [4.69, 9.17) is 11.6 Å². The van der Waals surface area contributed by atoms with Crippen LogP contribution >= 0.6 is 11.6 Å². The Kier molecular flexibility index (Phi) is 5.38. The predicted molar refractivity (Wildman–Crippen MR) is 113 cm³/mol. The number of rotatable bonds is 6. The number of carboxylic acid groups (broad SMARTS) is 1. The highest BCUT2D eigenvalue weighted by atomic mass is 35.5. The number of carbonyl (C=O) groups excluding carboxylic acids is 2. The number of hydrogen-bond donors (Lipinski definition) is 2. The number of carboxylic acids is 1. The normalized spacial score (nSPS) is 28.1. The van der Waals surface area contributed by atoms with Crippen LogP contribution in [0.15, 0.2) is 54.6 Å². The first-order valence-electron chi connectivity index (χ1n) is 10.1. The number of halogens is 1. The van der Waals surface area contributed by atoms with Crippen molar-refractivity contribution in [2.75, 3.05) is 4.90 Å². The summed E-state index contributed by atoms with van der Waals surface area (Å²) in [4.78, 5) is 40.7. The summed E-state index contributed by atoms with van der Waals surface area (Å²) in [5, 5.41) is 14.0. The zero-order chi connectivity index (χ0) is 21.5. The minimum atomic E-state index is -1.50. The third-order valence-electron chi connectivity index (χ3n) is 6.20. The van der Waals surface area contributed by atoms with Crippen molar-refractivity contribution in [2.24, 2.45) is 11.8 Å². The second-order valence-corrected chi connectivity index (χ2v) is 8.34. The van der Waals surface area contributed by atoms with Gasteiger partial charge in [0, 0.05) is 11.1 Å². The van der Waals surface area contributed by atoms with Crippen molar-refractivity contribution < 1.29 is 19.5 Å². The molecule has 4 unspecified atom stereocenters. The van der Waals surface area contributed by atoms with Gasteiger partial charge in [0.25, 0.3) is 0 Å². The van der Waals surface area contributed by atoms with Crippen molar-refractivity contribution >= 4 is 35.1 Å². The van der Waals surface area contributed by atoms with E-state index in [-0.39, 0.29) is 12.3 Å². The number of imide groups is 1. The van der Waals surface area contributed by atoms with Gasteiger partial charge in [-0.3, -0.25) is 19.7 Å². The molecule has 30 heavy (non-hydrogen) atoms. The van der Waals surface area contributed by atoms with Gasteiger partial charge in [0.15, 0.2) is 0 Å². The maximum Gasteiger partial charge on any atom is 0.324 e. The van der Waals surface area contributed by atoms with Gasteiger partial charge in [-0.15, -0.1) is 0 Å². The summed E-state index contributed by atoms with van der Waals surface area (Å²) in [5.41, 5.74) is -0.294. The fourth-order valence-corrected chi connectivity index (χ4v) is 4.91. The molecule has 2 aromatic rings. The molecule has 0 aliphatic carbocycles. The molecule has 2 fully saturated rings. The number of aliphatic carboxylic acids is 1. The first-order valence-corrected chi connectivity index (χ1v) is 10.5. The van der Waals surface area contributed by atoms with Gasteiger partial charge >= 0.3 is 5.97 Å². The maximum atomic E-state index is 13.5. The second kappa shape index (κ2) is 7.85. The van der Waals surface area contributed by atoms with Gasteiger partial charge in [0.2, 0.25) is 11.8 Å². The topological polar surface area (TPSA) is 86.7 Å². The first-order chi connectivity index (χ1) is 14.4. The molecular formula is C23H23ClN2O4. The number of unbranched alkanes of at least 4 members (excludes halogenated alkanes) is 1. The van der Waals surface area contributed by atoms with Crippen LogP contribution in [0.25, 0.3) is 0 Å². The average molecular weight is 427 g/mol. The van der Waals surface area contributed by atoms with Gasteiger partial charge in [-0.25, -0.2) is 4.90 Å². The standard InChI is InChI=1S/C23H23ClN2O4/c1-2-3-13-23(22(29)30)18-17(19(25-23)14-9-11-15(24)12-10-14)20(27)26(21(18)28)16-7-5-4-6-8-16/h4-12,17-19,25H,2-3,13H2,1H3,(H,29,30). The Hall–Kier alpha value is -2.70. The third kappa shape index (κ3) is 3.11. The average Bonchev–Trinajstić information content (AvgIpc) is 3.22. The van der Waals surface area contributed by atoms with E-state index in [1.54, 1.807) is 54.6 Å². The number of amides is 2. The fraction of sp³-hybridized carbons (Fsp3) is 0.348. The minimum Gasteiger partial charge on any atom is -0.480 e. The van der Waals surface area contributed by atoms with Crippen molar-refractivity contribution in [2.45, 2.75) is 37.8 Å². The Morgan fingerprint density at radius 3 is 2.37 bits per heavy atom. The van der Waals surface area contributed by atoms with E-state index in [0.717, 1.165) is 16.9 Å². The quantitative estimate of drug-likeness (QED) is 0.686. The first kappa shape index (κ1) is 20.6. The molecule has 0 spiro atoms. The largest absolute Gasteiger partial charge is 0.480 e. The zero-order valence-corrected chi connectivity index (χ0v) is 17.3. The lowest BCUT2D eigenvalue weighted by atomic mass is 9.76.